The van der Waals surface area contributed by atoms with Crippen molar-refractivity contribution in [1.82, 2.24) is 9.88 Å². The fourth-order valence-electron chi connectivity index (χ4n) is 2.38. The molecule has 1 saturated heterocycles. The number of anilines is 1. The van der Waals surface area contributed by atoms with Crippen LogP contribution < -0.4 is 5.32 Å². The molecule has 20 heavy (non-hydrogen) atoms. The predicted octanol–water partition coefficient (Wildman–Crippen LogP) is 2.38. The lowest BCUT2D eigenvalue weighted by atomic mass is 9.80. The minimum absolute atomic E-state index is 0.303. The Morgan fingerprint density at radius 1 is 1.50 bits per heavy atom. The highest BCUT2D eigenvalue weighted by atomic mass is 32.1. The van der Waals surface area contributed by atoms with Crippen LogP contribution in [0.25, 0.3) is 0 Å². The summed E-state index contributed by atoms with van der Waals surface area (Å²) in [6.45, 7) is 7.39. The second-order valence-corrected chi connectivity index (χ2v) is 7.09. The molecular weight excluding hydrogens is 274 g/mol. The van der Waals surface area contributed by atoms with E-state index in [-0.39, 0.29) is 5.97 Å². The predicted molar refractivity (Wildman–Crippen MR) is 81.5 cm³/mol. The molecule has 6 heteroatoms. The first-order chi connectivity index (χ1) is 9.43. The Bertz CT molecular complexity index is 479. The number of thiazole rings is 1. The van der Waals surface area contributed by atoms with Crippen LogP contribution in [0.5, 0.6) is 0 Å². The molecule has 0 atom stereocenters. The lowest BCUT2D eigenvalue weighted by Gasteiger charge is -2.37. The molecule has 0 aliphatic carbocycles. The number of ether oxygens (including phenoxy) is 1. The third-order valence-electron chi connectivity index (χ3n) is 4.04. The average molecular weight is 297 g/mol. The summed E-state index contributed by atoms with van der Waals surface area (Å²) in [5, 5.41) is 4.20. The molecule has 0 amide bonds. The minimum atomic E-state index is -0.364. The van der Waals surface area contributed by atoms with Crippen LogP contribution in [0.15, 0.2) is 0 Å². The van der Waals surface area contributed by atoms with E-state index in [1.807, 2.05) is 6.92 Å². The van der Waals surface area contributed by atoms with Gasteiger partial charge in [0, 0.05) is 11.4 Å². The maximum Gasteiger partial charge on any atom is 0.357 e. The topological polar surface area (TPSA) is 54.5 Å². The van der Waals surface area contributed by atoms with Crippen molar-refractivity contribution in [2.45, 2.75) is 26.7 Å². The lowest BCUT2D eigenvalue weighted by Crippen LogP contribution is -2.40. The summed E-state index contributed by atoms with van der Waals surface area (Å²) >= 11 is 1.51. The van der Waals surface area contributed by atoms with Gasteiger partial charge >= 0.3 is 5.97 Å². The van der Waals surface area contributed by atoms with E-state index in [0.29, 0.717) is 11.1 Å². The number of aromatic nitrogens is 1. The molecule has 112 valence electrons. The standard InChI is InChI=1S/C14H23N3O2S/c1-10-11(12(18)19-4)16-13(20-10)15-9-14(2)5-7-17(3)8-6-14/h5-9H2,1-4H3,(H,15,16). The van der Waals surface area contributed by atoms with Gasteiger partial charge in [-0.1, -0.05) is 6.92 Å². The van der Waals surface area contributed by atoms with E-state index < -0.39 is 0 Å². The van der Waals surface area contributed by atoms with Gasteiger partial charge in [-0.15, -0.1) is 11.3 Å². The highest BCUT2D eigenvalue weighted by molar-refractivity contribution is 7.15. The molecule has 1 fully saturated rings. The SMILES string of the molecule is COC(=O)c1nc(NCC2(C)CCN(C)CC2)sc1C. The summed E-state index contributed by atoms with van der Waals surface area (Å²) in [4.78, 5) is 19.1. The van der Waals surface area contributed by atoms with E-state index in [9.17, 15) is 4.79 Å². The van der Waals surface area contributed by atoms with E-state index in [1.54, 1.807) is 0 Å². The van der Waals surface area contributed by atoms with E-state index in [2.05, 4.69) is 29.2 Å². The van der Waals surface area contributed by atoms with E-state index in [0.717, 1.165) is 29.6 Å². The Balaban J connectivity index is 1.96. The summed E-state index contributed by atoms with van der Waals surface area (Å²) in [6, 6.07) is 0. The number of nitrogens with zero attached hydrogens (tertiary/aromatic N) is 2. The van der Waals surface area contributed by atoms with Crippen LogP contribution in [0, 0.1) is 12.3 Å². The Kier molecular flexibility index (Phi) is 4.65. The first-order valence-electron chi connectivity index (χ1n) is 6.92. The molecule has 1 aliphatic rings. The number of methoxy groups -OCH3 is 1. The van der Waals surface area contributed by atoms with Gasteiger partial charge < -0.3 is 15.0 Å². The van der Waals surface area contributed by atoms with Gasteiger partial charge in [0.25, 0.3) is 0 Å². The zero-order valence-corrected chi connectivity index (χ0v) is 13.5. The van der Waals surface area contributed by atoms with Crippen molar-refractivity contribution in [3.63, 3.8) is 0 Å². The quantitative estimate of drug-likeness (QED) is 0.865. The molecule has 1 aromatic rings. The highest BCUT2D eigenvalue weighted by Crippen LogP contribution is 2.31. The fraction of sp³-hybridized carbons (Fsp3) is 0.714. The van der Waals surface area contributed by atoms with Crippen LogP contribution in [0.4, 0.5) is 5.13 Å². The molecule has 0 radical (unpaired) electrons. The van der Waals surface area contributed by atoms with Crippen LogP contribution >= 0.6 is 11.3 Å². The Morgan fingerprint density at radius 3 is 2.75 bits per heavy atom. The molecule has 0 bridgehead atoms. The number of likely N-dealkylation sites (tertiary alicyclic amines) is 1. The summed E-state index contributed by atoms with van der Waals surface area (Å²) in [5.41, 5.74) is 0.728. The third kappa shape index (κ3) is 3.49. The molecule has 0 spiro atoms. The third-order valence-corrected chi connectivity index (χ3v) is 4.96. The average Bonchev–Trinajstić information content (AvgIpc) is 2.81. The largest absolute Gasteiger partial charge is 0.464 e. The molecule has 1 aromatic heterocycles. The number of nitrogens with one attached hydrogen (secondary N) is 1. The zero-order chi connectivity index (χ0) is 14.8. The maximum atomic E-state index is 11.5. The van der Waals surface area contributed by atoms with Gasteiger partial charge in [0.05, 0.1) is 7.11 Å². The van der Waals surface area contributed by atoms with Crippen molar-refractivity contribution >= 4 is 22.4 Å². The van der Waals surface area contributed by atoms with Crippen molar-refractivity contribution in [2.75, 3.05) is 39.1 Å². The lowest BCUT2D eigenvalue weighted by molar-refractivity contribution is 0.0594. The Labute approximate surface area is 124 Å². The molecule has 0 saturated carbocycles. The van der Waals surface area contributed by atoms with Crippen molar-refractivity contribution in [1.29, 1.82) is 0 Å². The van der Waals surface area contributed by atoms with Gasteiger partial charge in [-0.05, 0) is 45.3 Å². The first kappa shape index (κ1) is 15.3. The number of aryl methyl sites for hydroxylation is 1. The molecule has 1 aliphatic heterocycles. The van der Waals surface area contributed by atoms with Crippen LogP contribution in [-0.4, -0.2) is 49.6 Å². The minimum Gasteiger partial charge on any atom is -0.464 e. The van der Waals surface area contributed by atoms with Crippen LogP contribution in [-0.2, 0) is 4.74 Å². The van der Waals surface area contributed by atoms with Gasteiger partial charge in [0.15, 0.2) is 10.8 Å². The van der Waals surface area contributed by atoms with Crippen LogP contribution in [0.3, 0.4) is 0 Å². The number of rotatable bonds is 4. The smallest absolute Gasteiger partial charge is 0.357 e. The van der Waals surface area contributed by atoms with Crippen LogP contribution in [0.2, 0.25) is 0 Å². The number of carbonyl (C=O) groups is 1. The second-order valence-electron chi connectivity index (χ2n) is 5.88. The Morgan fingerprint density at radius 2 is 2.15 bits per heavy atom. The molecule has 0 aromatic carbocycles. The van der Waals surface area contributed by atoms with Gasteiger partial charge in [-0.2, -0.15) is 0 Å². The Hall–Kier alpha value is -1.14. The van der Waals surface area contributed by atoms with Crippen molar-refractivity contribution in [3.05, 3.63) is 10.6 Å². The van der Waals surface area contributed by atoms with Gasteiger partial charge in [-0.3, -0.25) is 0 Å². The molecule has 1 N–H and O–H groups in total. The first-order valence-corrected chi connectivity index (χ1v) is 7.73. The summed E-state index contributed by atoms with van der Waals surface area (Å²) < 4.78 is 4.73. The van der Waals surface area contributed by atoms with Gasteiger partial charge in [0.1, 0.15) is 0 Å². The maximum absolute atomic E-state index is 11.5. The van der Waals surface area contributed by atoms with E-state index >= 15 is 0 Å². The van der Waals surface area contributed by atoms with Crippen molar-refractivity contribution in [2.24, 2.45) is 5.41 Å². The number of hydrogen-bond donors (Lipinski definition) is 1. The van der Waals surface area contributed by atoms with E-state index in [1.165, 1.54) is 31.3 Å². The van der Waals surface area contributed by atoms with Crippen molar-refractivity contribution < 1.29 is 9.53 Å². The van der Waals surface area contributed by atoms with Gasteiger partial charge in [-0.25, -0.2) is 9.78 Å². The molecule has 2 heterocycles. The molecule has 0 unspecified atom stereocenters. The molecular formula is C14H23N3O2S. The zero-order valence-electron chi connectivity index (χ0n) is 12.7. The van der Waals surface area contributed by atoms with Gasteiger partial charge in [0.2, 0.25) is 0 Å². The number of hydrogen-bond acceptors (Lipinski definition) is 6. The fourth-order valence-corrected chi connectivity index (χ4v) is 3.18. The second kappa shape index (κ2) is 6.10. The normalized spacial score (nSPS) is 18.8. The summed E-state index contributed by atoms with van der Waals surface area (Å²) in [6.07, 6.45) is 2.37. The monoisotopic (exact) mass is 297 g/mol. The highest BCUT2D eigenvalue weighted by Gasteiger charge is 2.29. The van der Waals surface area contributed by atoms with E-state index in [4.69, 9.17) is 4.74 Å². The molecule has 5 nitrogen and oxygen atoms in total. The summed E-state index contributed by atoms with van der Waals surface area (Å²) in [5.74, 6) is -0.364. The number of carbonyl (C=O) groups excluding carboxylic acids is 1. The summed E-state index contributed by atoms with van der Waals surface area (Å²) in [7, 11) is 3.55. The molecule has 2 rings (SSSR count). The number of piperidine rings is 1. The number of esters is 1. The van der Waals surface area contributed by atoms with Crippen LogP contribution in [0.1, 0.15) is 35.1 Å². The van der Waals surface area contributed by atoms with Crippen molar-refractivity contribution in [3.8, 4) is 0 Å².